The van der Waals surface area contributed by atoms with Crippen LogP contribution in [0.4, 0.5) is 5.82 Å². The van der Waals surface area contributed by atoms with Crippen molar-refractivity contribution in [2.45, 2.75) is 25.7 Å². The number of likely N-dealkylation sites (tertiary alicyclic amines) is 1. The lowest BCUT2D eigenvalue weighted by Gasteiger charge is -2.32. The number of nitrogens with zero attached hydrogens (tertiary/aromatic N) is 2. The number of amides is 2. The summed E-state index contributed by atoms with van der Waals surface area (Å²) in [6.07, 6.45) is 5.87. The maximum absolute atomic E-state index is 12.4. The Morgan fingerprint density at radius 2 is 2.12 bits per heavy atom. The van der Waals surface area contributed by atoms with Gasteiger partial charge >= 0.3 is 0 Å². The van der Waals surface area contributed by atoms with Crippen LogP contribution in [0.25, 0.3) is 0 Å². The van der Waals surface area contributed by atoms with Crippen LogP contribution in [-0.4, -0.2) is 47.9 Å². The summed E-state index contributed by atoms with van der Waals surface area (Å²) >= 11 is 3.32. The van der Waals surface area contributed by atoms with Crippen LogP contribution < -0.4 is 10.6 Å². The number of aromatic nitrogens is 1. The summed E-state index contributed by atoms with van der Waals surface area (Å²) in [5.41, 5.74) is 0. The molecule has 3 rings (SSSR count). The van der Waals surface area contributed by atoms with Crippen molar-refractivity contribution < 1.29 is 9.59 Å². The molecular formula is C17H23BrN4O2. The van der Waals surface area contributed by atoms with Crippen molar-refractivity contribution in [3.63, 3.8) is 0 Å². The number of carbonyl (C=O) groups excluding carboxylic acids is 2. The molecule has 1 aliphatic carbocycles. The highest BCUT2D eigenvalue weighted by Crippen LogP contribution is 2.27. The summed E-state index contributed by atoms with van der Waals surface area (Å²) in [5, 5.41) is 6.07. The molecule has 2 amide bonds. The number of carbonyl (C=O) groups is 2. The zero-order chi connectivity index (χ0) is 16.9. The SMILES string of the molecule is O=C(Nc1ccc(Br)cn1)C1CCCN(C(=O)CNCC2CC2)C1. The first-order valence-corrected chi connectivity index (χ1v) is 9.32. The summed E-state index contributed by atoms with van der Waals surface area (Å²) in [6.45, 7) is 2.54. The molecule has 1 aliphatic heterocycles. The number of rotatable bonds is 6. The van der Waals surface area contributed by atoms with E-state index in [4.69, 9.17) is 0 Å². The summed E-state index contributed by atoms with van der Waals surface area (Å²) in [7, 11) is 0. The number of piperidine rings is 1. The zero-order valence-corrected chi connectivity index (χ0v) is 15.2. The molecule has 24 heavy (non-hydrogen) atoms. The average molecular weight is 395 g/mol. The molecule has 1 aromatic heterocycles. The third-order valence-corrected chi connectivity index (χ3v) is 5.00. The molecule has 2 N–H and O–H groups in total. The summed E-state index contributed by atoms with van der Waals surface area (Å²) in [5.74, 6) is 1.16. The highest BCUT2D eigenvalue weighted by molar-refractivity contribution is 9.10. The summed E-state index contributed by atoms with van der Waals surface area (Å²) in [6, 6.07) is 3.60. The van der Waals surface area contributed by atoms with Crippen molar-refractivity contribution in [3.05, 3.63) is 22.8 Å². The molecule has 1 atom stereocenters. The van der Waals surface area contributed by atoms with Crippen molar-refractivity contribution in [2.75, 3.05) is 31.5 Å². The number of anilines is 1. The predicted molar refractivity (Wildman–Crippen MR) is 95.5 cm³/mol. The lowest BCUT2D eigenvalue weighted by Crippen LogP contribution is -2.46. The van der Waals surface area contributed by atoms with E-state index in [1.807, 2.05) is 11.0 Å². The van der Waals surface area contributed by atoms with E-state index in [1.54, 1.807) is 12.3 Å². The maximum Gasteiger partial charge on any atom is 0.236 e. The Morgan fingerprint density at radius 1 is 1.29 bits per heavy atom. The van der Waals surface area contributed by atoms with Crippen LogP contribution in [-0.2, 0) is 9.59 Å². The number of nitrogens with one attached hydrogen (secondary N) is 2. The van der Waals surface area contributed by atoms with Crippen molar-refractivity contribution in [1.82, 2.24) is 15.2 Å². The molecule has 1 aromatic rings. The molecule has 1 unspecified atom stereocenters. The van der Waals surface area contributed by atoms with Gasteiger partial charge in [0, 0.05) is 23.8 Å². The van der Waals surface area contributed by atoms with Gasteiger partial charge in [-0.1, -0.05) is 0 Å². The second-order valence-electron chi connectivity index (χ2n) is 6.60. The first-order valence-electron chi connectivity index (χ1n) is 8.53. The zero-order valence-electron chi connectivity index (χ0n) is 13.6. The molecule has 0 spiro atoms. The predicted octanol–water partition coefficient (Wildman–Crippen LogP) is 2.02. The smallest absolute Gasteiger partial charge is 0.236 e. The third kappa shape index (κ3) is 5.01. The highest BCUT2D eigenvalue weighted by Gasteiger charge is 2.29. The Hall–Kier alpha value is -1.47. The second-order valence-corrected chi connectivity index (χ2v) is 7.52. The monoisotopic (exact) mass is 394 g/mol. The molecule has 0 aromatic carbocycles. The van der Waals surface area contributed by atoms with Gasteiger partial charge in [0.1, 0.15) is 5.82 Å². The fourth-order valence-corrected chi connectivity index (χ4v) is 3.15. The molecule has 7 heteroatoms. The number of hydrogen-bond donors (Lipinski definition) is 2. The molecule has 0 radical (unpaired) electrons. The van der Waals surface area contributed by atoms with Crippen LogP contribution in [0.3, 0.4) is 0 Å². The van der Waals surface area contributed by atoms with Gasteiger partial charge in [0.25, 0.3) is 0 Å². The van der Waals surface area contributed by atoms with Gasteiger partial charge < -0.3 is 15.5 Å². The molecular weight excluding hydrogens is 372 g/mol. The van der Waals surface area contributed by atoms with Crippen LogP contribution in [0.2, 0.25) is 0 Å². The van der Waals surface area contributed by atoms with Gasteiger partial charge in [0.2, 0.25) is 11.8 Å². The molecule has 0 bridgehead atoms. The van der Waals surface area contributed by atoms with Crippen molar-refractivity contribution in [2.24, 2.45) is 11.8 Å². The van der Waals surface area contributed by atoms with E-state index in [0.29, 0.717) is 18.9 Å². The topological polar surface area (TPSA) is 74.3 Å². The highest BCUT2D eigenvalue weighted by atomic mass is 79.9. The van der Waals surface area contributed by atoms with E-state index in [9.17, 15) is 9.59 Å². The van der Waals surface area contributed by atoms with Gasteiger partial charge in [-0.25, -0.2) is 4.98 Å². The molecule has 6 nitrogen and oxygen atoms in total. The summed E-state index contributed by atoms with van der Waals surface area (Å²) < 4.78 is 0.869. The Bertz CT molecular complexity index is 589. The molecule has 1 saturated heterocycles. The Balaban J connectivity index is 1.47. The molecule has 2 fully saturated rings. The quantitative estimate of drug-likeness (QED) is 0.773. The first-order chi connectivity index (χ1) is 11.6. The van der Waals surface area contributed by atoms with Crippen LogP contribution in [0.5, 0.6) is 0 Å². The minimum atomic E-state index is -0.170. The normalized spacial score (nSPS) is 20.7. The van der Waals surface area contributed by atoms with Crippen LogP contribution >= 0.6 is 15.9 Å². The number of halogens is 1. The fraction of sp³-hybridized carbons (Fsp3) is 0.588. The van der Waals surface area contributed by atoms with Gasteiger partial charge in [-0.2, -0.15) is 0 Å². The van der Waals surface area contributed by atoms with Crippen LogP contribution in [0.1, 0.15) is 25.7 Å². The van der Waals surface area contributed by atoms with E-state index in [0.717, 1.165) is 36.3 Å². The third-order valence-electron chi connectivity index (χ3n) is 4.53. The standard InChI is InChI=1S/C17H23BrN4O2/c18-14-5-6-15(20-9-14)21-17(24)13-2-1-7-22(11-13)16(23)10-19-8-12-3-4-12/h5-6,9,12-13,19H,1-4,7-8,10-11H2,(H,20,21,24). The number of hydrogen-bond acceptors (Lipinski definition) is 4. The Kier molecular flexibility index (Phi) is 5.84. The minimum Gasteiger partial charge on any atom is -0.341 e. The van der Waals surface area contributed by atoms with Crippen molar-refractivity contribution in [3.8, 4) is 0 Å². The lowest BCUT2D eigenvalue weighted by atomic mass is 9.97. The van der Waals surface area contributed by atoms with Gasteiger partial charge in [-0.05, 0) is 66.2 Å². The first kappa shape index (κ1) is 17.4. The Labute approximate surface area is 150 Å². The maximum atomic E-state index is 12.4. The largest absolute Gasteiger partial charge is 0.341 e. The van der Waals surface area contributed by atoms with Crippen molar-refractivity contribution in [1.29, 1.82) is 0 Å². The van der Waals surface area contributed by atoms with E-state index >= 15 is 0 Å². The van der Waals surface area contributed by atoms with Gasteiger partial charge in [-0.3, -0.25) is 9.59 Å². The summed E-state index contributed by atoms with van der Waals surface area (Å²) in [4.78, 5) is 30.7. The van der Waals surface area contributed by atoms with E-state index in [2.05, 4.69) is 31.5 Å². The van der Waals surface area contributed by atoms with E-state index in [-0.39, 0.29) is 17.7 Å². The van der Waals surface area contributed by atoms with Crippen molar-refractivity contribution >= 4 is 33.6 Å². The fourth-order valence-electron chi connectivity index (χ4n) is 2.91. The Morgan fingerprint density at radius 3 is 2.83 bits per heavy atom. The van der Waals surface area contributed by atoms with Gasteiger partial charge in [0.05, 0.1) is 12.5 Å². The average Bonchev–Trinajstić information content (AvgIpc) is 3.41. The van der Waals surface area contributed by atoms with Crippen LogP contribution in [0, 0.1) is 11.8 Å². The van der Waals surface area contributed by atoms with E-state index < -0.39 is 0 Å². The van der Waals surface area contributed by atoms with E-state index in [1.165, 1.54) is 12.8 Å². The molecule has 2 aliphatic rings. The lowest BCUT2D eigenvalue weighted by molar-refractivity contribution is -0.133. The molecule has 2 heterocycles. The minimum absolute atomic E-state index is 0.0618. The van der Waals surface area contributed by atoms with Crippen LogP contribution in [0.15, 0.2) is 22.8 Å². The second kappa shape index (κ2) is 8.07. The molecule has 1 saturated carbocycles. The number of pyridine rings is 1. The molecule has 130 valence electrons. The van der Waals surface area contributed by atoms with Gasteiger partial charge in [0.15, 0.2) is 0 Å². The van der Waals surface area contributed by atoms with Gasteiger partial charge in [-0.15, -0.1) is 0 Å².